The largest absolute Gasteiger partial charge is 0.365 e. The molecule has 0 fully saturated rings. The highest BCUT2D eigenvalue weighted by Crippen LogP contribution is 2.19. The smallest absolute Gasteiger partial charge is 0.313 e. The first kappa shape index (κ1) is 22.9. The third-order valence-corrected chi connectivity index (χ3v) is 5.20. The normalized spacial score (nSPS) is 11.3. The highest BCUT2D eigenvalue weighted by Gasteiger charge is 2.14. The van der Waals surface area contributed by atoms with E-state index in [-0.39, 0.29) is 5.97 Å². The lowest BCUT2D eigenvalue weighted by atomic mass is 9.97. The van der Waals surface area contributed by atoms with Crippen LogP contribution in [-0.2, 0) is 17.7 Å². The number of carbonyl (C=O) groups excluding carboxylic acids is 1. The van der Waals surface area contributed by atoms with E-state index in [1.807, 2.05) is 24.3 Å². The van der Waals surface area contributed by atoms with Crippen LogP contribution >= 0.6 is 0 Å². The van der Waals surface area contributed by atoms with Gasteiger partial charge in [0, 0.05) is 0 Å². The molecule has 0 radical (unpaired) electrons. The van der Waals surface area contributed by atoms with E-state index in [0.29, 0.717) is 11.5 Å². The minimum atomic E-state index is -0.381. The van der Waals surface area contributed by atoms with Gasteiger partial charge in [-0.15, -0.1) is 0 Å². The van der Waals surface area contributed by atoms with Gasteiger partial charge in [0.15, 0.2) is 0 Å². The Bertz CT molecular complexity index is 791. The minimum Gasteiger partial charge on any atom is -0.313 e. The average molecular weight is 394 g/mol. The van der Waals surface area contributed by atoms with Crippen molar-refractivity contribution < 1.29 is 9.63 Å². The molecule has 3 nitrogen and oxygen atoms in total. The third kappa shape index (κ3) is 7.49. The van der Waals surface area contributed by atoms with Gasteiger partial charge in [0.25, 0.3) is 0 Å². The number of nitrogens with zero attached hydrogens (tertiary/aromatic N) is 1. The maximum Gasteiger partial charge on any atom is 0.365 e. The Kier molecular flexibility index (Phi) is 9.63. The number of hydrogen-bond acceptors (Lipinski definition) is 3. The summed E-state index contributed by atoms with van der Waals surface area (Å²) < 4.78 is 0. The second kappa shape index (κ2) is 12.2. The zero-order valence-electron chi connectivity index (χ0n) is 18.4. The molecular weight excluding hydrogens is 358 g/mol. The van der Waals surface area contributed by atoms with Crippen molar-refractivity contribution in [2.24, 2.45) is 5.16 Å². The van der Waals surface area contributed by atoms with E-state index in [0.717, 1.165) is 49.7 Å². The number of hydrogen-bond donors (Lipinski definition) is 0. The summed E-state index contributed by atoms with van der Waals surface area (Å²) in [4.78, 5) is 17.8. The fraction of sp³-hybridized carbons (Fsp3) is 0.462. The van der Waals surface area contributed by atoms with Gasteiger partial charge in [-0.3, -0.25) is 0 Å². The van der Waals surface area contributed by atoms with E-state index in [1.165, 1.54) is 17.5 Å². The van der Waals surface area contributed by atoms with Crippen LogP contribution in [0.1, 0.15) is 98.3 Å². The van der Waals surface area contributed by atoms with Crippen molar-refractivity contribution in [3.63, 3.8) is 0 Å². The Balaban J connectivity index is 2.06. The van der Waals surface area contributed by atoms with E-state index < -0.39 is 0 Å². The molecule has 0 spiro atoms. The molecule has 0 aromatic heterocycles. The molecule has 0 bridgehead atoms. The molecule has 0 heterocycles. The van der Waals surface area contributed by atoms with Crippen LogP contribution in [0.15, 0.2) is 47.6 Å². The molecule has 29 heavy (non-hydrogen) atoms. The Morgan fingerprint density at radius 1 is 0.966 bits per heavy atom. The summed E-state index contributed by atoms with van der Waals surface area (Å²) in [5.41, 5.74) is 5.20. The number of rotatable bonds is 11. The molecule has 0 saturated heterocycles. The Hall–Kier alpha value is -2.42. The second-order valence-corrected chi connectivity index (χ2v) is 7.99. The first-order valence-electron chi connectivity index (χ1n) is 11.0. The number of oxime groups is 1. The number of unbranched alkanes of at least 4 members (excludes halogenated alkanes) is 3. The fourth-order valence-electron chi connectivity index (χ4n) is 3.31. The zero-order chi connectivity index (χ0) is 21.1. The molecule has 2 rings (SSSR count). The molecule has 3 heteroatoms. The standard InChI is InChI=1S/C26H35NO2/c1-5-7-9-11-24-18-21(10-8-6-2)14-17-25(24)26(28)29-27-19-22-12-15-23(16-13-22)20(3)4/h12-20H,5-11H2,1-4H3. The van der Waals surface area contributed by atoms with E-state index in [1.54, 1.807) is 6.21 Å². The molecule has 2 aromatic rings. The quantitative estimate of drug-likeness (QED) is 0.177. The van der Waals surface area contributed by atoms with Gasteiger partial charge in [0.05, 0.1) is 11.8 Å². The van der Waals surface area contributed by atoms with Crippen LogP contribution in [0.3, 0.4) is 0 Å². The van der Waals surface area contributed by atoms with Gasteiger partial charge in [0.2, 0.25) is 0 Å². The van der Waals surface area contributed by atoms with Crippen LogP contribution in [0.4, 0.5) is 0 Å². The molecular formula is C26H35NO2. The Morgan fingerprint density at radius 2 is 1.69 bits per heavy atom. The maximum atomic E-state index is 12.6. The van der Waals surface area contributed by atoms with Crippen LogP contribution in [-0.4, -0.2) is 12.2 Å². The van der Waals surface area contributed by atoms with Crippen molar-refractivity contribution >= 4 is 12.2 Å². The van der Waals surface area contributed by atoms with Gasteiger partial charge in [-0.05, 0) is 59.9 Å². The van der Waals surface area contributed by atoms with E-state index >= 15 is 0 Å². The molecule has 0 atom stereocenters. The molecule has 0 aliphatic heterocycles. The minimum absolute atomic E-state index is 0.381. The molecule has 0 aliphatic rings. The van der Waals surface area contributed by atoms with Crippen molar-refractivity contribution in [2.45, 2.75) is 78.6 Å². The van der Waals surface area contributed by atoms with Crippen LogP contribution in [0.25, 0.3) is 0 Å². The predicted molar refractivity (Wildman–Crippen MR) is 122 cm³/mol. The second-order valence-electron chi connectivity index (χ2n) is 7.99. The lowest BCUT2D eigenvalue weighted by Gasteiger charge is -2.10. The lowest BCUT2D eigenvalue weighted by molar-refractivity contribution is 0.0518. The summed E-state index contributed by atoms with van der Waals surface area (Å²) in [5, 5.41) is 3.93. The van der Waals surface area contributed by atoms with Gasteiger partial charge in [-0.25, -0.2) is 4.79 Å². The van der Waals surface area contributed by atoms with Crippen molar-refractivity contribution in [3.05, 3.63) is 70.3 Å². The van der Waals surface area contributed by atoms with Gasteiger partial charge in [0.1, 0.15) is 0 Å². The predicted octanol–water partition coefficient (Wildman–Crippen LogP) is 7.08. The fourth-order valence-corrected chi connectivity index (χ4v) is 3.31. The highest BCUT2D eigenvalue weighted by molar-refractivity contribution is 5.91. The van der Waals surface area contributed by atoms with Crippen LogP contribution in [0.5, 0.6) is 0 Å². The number of aryl methyl sites for hydroxylation is 2. The third-order valence-electron chi connectivity index (χ3n) is 5.20. The SMILES string of the molecule is CCCCCc1cc(CCCC)ccc1C(=O)ON=Cc1ccc(C(C)C)cc1. The highest BCUT2D eigenvalue weighted by atomic mass is 16.7. The van der Waals surface area contributed by atoms with Gasteiger partial charge in [-0.2, -0.15) is 0 Å². The van der Waals surface area contributed by atoms with Crippen molar-refractivity contribution in [1.82, 2.24) is 0 Å². The van der Waals surface area contributed by atoms with Crippen LogP contribution in [0.2, 0.25) is 0 Å². The van der Waals surface area contributed by atoms with Gasteiger partial charge < -0.3 is 4.84 Å². The van der Waals surface area contributed by atoms with Crippen LogP contribution in [0, 0.1) is 0 Å². The molecule has 2 aromatic carbocycles. The molecule has 0 amide bonds. The lowest BCUT2D eigenvalue weighted by Crippen LogP contribution is -2.07. The first-order valence-corrected chi connectivity index (χ1v) is 11.0. The van der Waals surface area contributed by atoms with E-state index in [2.05, 4.69) is 51.0 Å². The van der Waals surface area contributed by atoms with Crippen LogP contribution < -0.4 is 0 Å². The van der Waals surface area contributed by atoms with Crippen molar-refractivity contribution in [3.8, 4) is 0 Å². The molecule has 156 valence electrons. The zero-order valence-corrected chi connectivity index (χ0v) is 18.4. The summed E-state index contributed by atoms with van der Waals surface area (Å²) in [6.45, 7) is 8.71. The summed E-state index contributed by atoms with van der Waals surface area (Å²) in [5.74, 6) is 0.110. The topological polar surface area (TPSA) is 38.7 Å². The summed E-state index contributed by atoms with van der Waals surface area (Å²) in [6.07, 6.45) is 9.29. The van der Waals surface area contributed by atoms with E-state index in [9.17, 15) is 4.79 Å². The number of carbonyl (C=O) groups is 1. The maximum absolute atomic E-state index is 12.6. The molecule has 0 N–H and O–H groups in total. The monoisotopic (exact) mass is 393 g/mol. The molecule has 0 unspecified atom stereocenters. The van der Waals surface area contributed by atoms with E-state index in [4.69, 9.17) is 4.84 Å². The summed E-state index contributed by atoms with van der Waals surface area (Å²) in [7, 11) is 0. The van der Waals surface area contributed by atoms with Crippen molar-refractivity contribution in [2.75, 3.05) is 0 Å². The Morgan fingerprint density at radius 3 is 2.34 bits per heavy atom. The van der Waals surface area contributed by atoms with Crippen molar-refractivity contribution in [1.29, 1.82) is 0 Å². The Labute approximate surface area is 176 Å². The molecule has 0 aliphatic carbocycles. The average Bonchev–Trinajstić information content (AvgIpc) is 2.73. The summed E-state index contributed by atoms with van der Waals surface area (Å²) in [6, 6.07) is 14.3. The molecule has 0 saturated carbocycles. The first-order chi connectivity index (χ1) is 14.0. The van der Waals surface area contributed by atoms with Gasteiger partial charge in [-0.1, -0.05) is 88.5 Å². The number of benzene rings is 2. The van der Waals surface area contributed by atoms with Gasteiger partial charge >= 0.3 is 5.97 Å². The summed E-state index contributed by atoms with van der Waals surface area (Å²) >= 11 is 0.